The molecule has 0 saturated heterocycles. The third-order valence-corrected chi connectivity index (χ3v) is 14.5. The van der Waals surface area contributed by atoms with Gasteiger partial charge in [0.25, 0.3) is 0 Å². The predicted molar refractivity (Wildman–Crippen MR) is 258 cm³/mol. The summed E-state index contributed by atoms with van der Waals surface area (Å²) in [5, 5.41) is 5.01. The monoisotopic (exact) mass is 1030 g/mol. The molecule has 0 amide bonds. The van der Waals surface area contributed by atoms with Gasteiger partial charge in [-0.2, -0.15) is 11.3 Å². The fraction of sp³-hybridized carbons (Fsp3) is 0.0545. The number of aromatic nitrogens is 3. The molecule has 0 N–H and O–H groups in total. The van der Waals surface area contributed by atoms with E-state index in [1.807, 2.05) is 115 Å². The van der Waals surface area contributed by atoms with Gasteiger partial charge in [-0.25, -0.2) is 8.78 Å². The normalized spacial score (nSPS) is 11.4. The molecule has 63 heavy (non-hydrogen) atoms. The summed E-state index contributed by atoms with van der Waals surface area (Å²) >= 11 is 1.70. The Morgan fingerprint density at radius 1 is 0.587 bits per heavy atom. The molecule has 0 atom stereocenters. The molecule has 0 bridgehead atoms. The molecule has 0 spiro atoms. The van der Waals surface area contributed by atoms with Crippen molar-refractivity contribution in [2.24, 2.45) is 0 Å². The Morgan fingerprint density at radius 2 is 1.35 bits per heavy atom. The van der Waals surface area contributed by atoms with Gasteiger partial charge in [0.2, 0.25) is 0 Å². The molecule has 3 nitrogen and oxygen atoms in total. The molecular formula is C55H39F2IrN3SSi-2. The Bertz CT molecular complexity index is 3400. The van der Waals surface area contributed by atoms with Gasteiger partial charge < -0.3 is 9.55 Å². The van der Waals surface area contributed by atoms with Crippen molar-refractivity contribution < 1.29 is 28.9 Å². The summed E-state index contributed by atoms with van der Waals surface area (Å²) in [6, 6.07) is 63.4. The van der Waals surface area contributed by atoms with Crippen molar-refractivity contribution >= 4 is 66.6 Å². The summed E-state index contributed by atoms with van der Waals surface area (Å²) in [7, 11) is -1.23. The number of hydrogen-bond acceptors (Lipinski definition) is 3. The van der Waals surface area contributed by atoms with Crippen LogP contribution in [0.4, 0.5) is 8.78 Å². The number of imidazole rings is 1. The van der Waals surface area contributed by atoms with Crippen LogP contribution >= 0.6 is 11.3 Å². The van der Waals surface area contributed by atoms with E-state index >= 15 is 4.39 Å². The van der Waals surface area contributed by atoms with Crippen molar-refractivity contribution in [2.75, 3.05) is 0 Å². The Morgan fingerprint density at radius 3 is 2.11 bits per heavy atom. The zero-order valence-corrected chi connectivity index (χ0v) is 38.9. The van der Waals surface area contributed by atoms with Gasteiger partial charge in [0.15, 0.2) is 0 Å². The van der Waals surface area contributed by atoms with Crippen molar-refractivity contribution in [2.45, 2.75) is 19.6 Å². The second-order valence-corrected chi connectivity index (χ2v) is 22.5. The smallest absolute Gasteiger partial charge is 0.131 e. The van der Waals surface area contributed by atoms with Gasteiger partial charge in [-0.1, -0.05) is 122 Å². The Balaban J connectivity index is 0.000000251. The molecule has 3 aromatic heterocycles. The number of fused-ring (bicyclic) bond motifs is 5. The molecule has 8 aromatic carbocycles. The number of nitrogens with zero attached hydrogens (tertiary/aromatic N) is 3. The number of hydrogen-bond donors (Lipinski definition) is 0. The first-order chi connectivity index (χ1) is 30.2. The van der Waals surface area contributed by atoms with Gasteiger partial charge in [-0.15, -0.1) is 54.1 Å². The van der Waals surface area contributed by atoms with Crippen LogP contribution in [0, 0.1) is 23.8 Å². The quantitative estimate of drug-likeness (QED) is 0.123. The van der Waals surface area contributed by atoms with E-state index in [1.54, 1.807) is 17.4 Å². The third-order valence-electron chi connectivity index (χ3n) is 11.3. The molecule has 0 aliphatic carbocycles. The second-order valence-electron chi connectivity index (χ2n) is 16.3. The van der Waals surface area contributed by atoms with Crippen molar-refractivity contribution in [1.82, 2.24) is 14.5 Å². The standard InChI is InChI=1S/C41H23F2N2S.C14H16NSi.Ir/c42-29-19-16-26(17-20-29)27-18-21-31-32-11-6-12-33(40(32)46-39(31)24-27)41-44-36-13-4-5-14-38(36)45(41)37-15-7-10-30-34(37)22-28(23-35(30)43)25-8-2-1-3-9-25;1-16(2,3)13-9-10-14(15-11-13)12-7-5-4-6-8-12;/h1-11,13-24H;4-7,9-11H,1-3H3;/q2*-1;. The molecule has 0 aliphatic rings. The Hall–Kier alpha value is -6.41. The van der Waals surface area contributed by atoms with Crippen molar-refractivity contribution in [3.8, 4) is 50.6 Å². The Kier molecular flexibility index (Phi) is 11.6. The van der Waals surface area contributed by atoms with Crippen molar-refractivity contribution in [3.63, 3.8) is 0 Å². The third kappa shape index (κ3) is 8.19. The summed E-state index contributed by atoms with van der Waals surface area (Å²) in [6.07, 6.45) is 2.02. The van der Waals surface area contributed by atoms with Crippen LogP contribution in [-0.2, 0) is 20.1 Å². The zero-order chi connectivity index (χ0) is 42.4. The van der Waals surface area contributed by atoms with Gasteiger partial charge in [0, 0.05) is 47.5 Å². The van der Waals surface area contributed by atoms with E-state index in [0.717, 1.165) is 87.2 Å². The first-order valence-corrected chi connectivity index (χ1v) is 24.8. The summed E-state index contributed by atoms with van der Waals surface area (Å²) in [5.41, 5.74) is 9.35. The van der Waals surface area contributed by atoms with Crippen LogP contribution in [-0.4, -0.2) is 22.6 Å². The summed E-state index contributed by atoms with van der Waals surface area (Å²) < 4.78 is 33.7. The Labute approximate surface area is 383 Å². The molecule has 11 aromatic rings. The number of rotatable bonds is 6. The minimum Gasteiger partial charge on any atom is -0.333 e. The van der Waals surface area contributed by atoms with Gasteiger partial charge >= 0.3 is 0 Å². The largest absolute Gasteiger partial charge is 0.333 e. The maximum Gasteiger partial charge on any atom is 0.131 e. The number of para-hydroxylation sites is 2. The minimum atomic E-state index is -1.23. The summed E-state index contributed by atoms with van der Waals surface area (Å²) in [6.45, 7) is 7.00. The van der Waals surface area contributed by atoms with Gasteiger partial charge in [-0.05, 0) is 91.8 Å². The molecule has 1 radical (unpaired) electrons. The second kappa shape index (κ2) is 17.4. The fourth-order valence-corrected chi connectivity index (χ4v) is 10.3. The van der Waals surface area contributed by atoms with Crippen LogP contribution in [0.2, 0.25) is 19.6 Å². The van der Waals surface area contributed by atoms with E-state index in [9.17, 15) is 4.39 Å². The molecule has 0 aliphatic heterocycles. The van der Waals surface area contributed by atoms with E-state index in [-0.39, 0.29) is 31.7 Å². The van der Waals surface area contributed by atoms with E-state index in [2.05, 4.69) is 89.9 Å². The average Bonchev–Trinajstić information content (AvgIpc) is 3.88. The van der Waals surface area contributed by atoms with Gasteiger partial charge in [-0.3, -0.25) is 4.98 Å². The van der Waals surface area contributed by atoms with E-state index in [1.165, 1.54) is 17.3 Å². The average molecular weight is 1030 g/mol. The van der Waals surface area contributed by atoms with Crippen LogP contribution < -0.4 is 5.19 Å². The number of thiophene rings is 1. The van der Waals surface area contributed by atoms with E-state index in [0.29, 0.717) is 5.39 Å². The molecule has 309 valence electrons. The first-order valence-electron chi connectivity index (χ1n) is 20.5. The topological polar surface area (TPSA) is 30.7 Å². The minimum absolute atomic E-state index is 0. The van der Waals surface area contributed by atoms with Crippen LogP contribution in [0.15, 0.2) is 182 Å². The summed E-state index contributed by atoms with van der Waals surface area (Å²) in [5.74, 6) is 0.231. The first kappa shape index (κ1) is 41.9. The molecule has 11 rings (SSSR count). The molecule has 0 saturated carbocycles. The van der Waals surface area contributed by atoms with Gasteiger partial charge in [0.1, 0.15) is 11.6 Å². The summed E-state index contributed by atoms with van der Waals surface area (Å²) in [4.78, 5) is 9.69. The van der Waals surface area contributed by atoms with Crippen molar-refractivity contribution in [1.29, 1.82) is 0 Å². The molecule has 3 heterocycles. The van der Waals surface area contributed by atoms with Crippen LogP contribution in [0.1, 0.15) is 0 Å². The molecule has 0 unspecified atom stereocenters. The number of pyridine rings is 1. The molecular weight excluding hydrogens is 993 g/mol. The zero-order valence-electron chi connectivity index (χ0n) is 34.7. The SMILES string of the molecule is C[Si](C)(C)c1ccc(-c2[c-]cccc2)nc1.Fc1ccc(-c2ccc3c(c2)sc2c(-c4nc5ccccc5n4-c4cccc5c(F)cc(-c6ccccc6)cc45)[c-]ccc23)cc1.[Ir]. The number of benzene rings is 8. The maximum absolute atomic E-state index is 15.7. The predicted octanol–water partition coefficient (Wildman–Crippen LogP) is 14.7. The van der Waals surface area contributed by atoms with Crippen LogP contribution in [0.25, 0.3) is 92.6 Å². The maximum atomic E-state index is 15.7. The van der Waals surface area contributed by atoms with Crippen LogP contribution in [0.3, 0.4) is 0 Å². The molecule has 0 fully saturated rings. The fourth-order valence-electron chi connectivity index (χ4n) is 8.03. The van der Waals surface area contributed by atoms with Crippen LogP contribution in [0.5, 0.6) is 0 Å². The van der Waals surface area contributed by atoms with E-state index < -0.39 is 8.07 Å². The van der Waals surface area contributed by atoms with Gasteiger partial charge in [0.05, 0.1) is 24.9 Å². The number of halogens is 2. The molecule has 8 heteroatoms. The van der Waals surface area contributed by atoms with E-state index in [4.69, 9.17) is 4.98 Å². The van der Waals surface area contributed by atoms with Crippen molar-refractivity contribution in [3.05, 3.63) is 206 Å².